The molecule has 4 heteroatoms. The first kappa shape index (κ1) is 13.7. The predicted octanol–water partition coefficient (Wildman–Crippen LogP) is 2.75. The third-order valence-electron chi connectivity index (χ3n) is 2.26. The van der Waals surface area contributed by atoms with Crippen LogP contribution in [0.2, 0.25) is 0 Å². The molecule has 0 radical (unpaired) electrons. The number of hydrogen-bond acceptors (Lipinski definition) is 3. The number of hydrogen-bond donors (Lipinski definition) is 1. The van der Waals surface area contributed by atoms with Crippen molar-refractivity contribution < 1.29 is 9.32 Å². The molecule has 96 valence electrons. The van der Waals surface area contributed by atoms with Gasteiger partial charge in [0.05, 0.1) is 0 Å². The Labute approximate surface area is 103 Å². The summed E-state index contributed by atoms with van der Waals surface area (Å²) in [4.78, 5) is 11.8. The van der Waals surface area contributed by atoms with Gasteiger partial charge in [-0.25, -0.2) is 0 Å². The van der Waals surface area contributed by atoms with Crippen LogP contribution >= 0.6 is 0 Å². The van der Waals surface area contributed by atoms with Crippen molar-refractivity contribution in [1.29, 1.82) is 0 Å². The van der Waals surface area contributed by atoms with E-state index in [9.17, 15) is 4.79 Å². The quantitative estimate of drug-likeness (QED) is 0.862. The molecule has 0 aliphatic carbocycles. The number of nitrogens with zero attached hydrogens (tertiary/aromatic N) is 1. The monoisotopic (exact) mass is 238 g/mol. The summed E-state index contributed by atoms with van der Waals surface area (Å²) in [6.45, 7) is 12.9. The summed E-state index contributed by atoms with van der Waals surface area (Å²) in [7, 11) is 0. The molecular weight excluding hydrogens is 216 g/mol. The molecule has 4 nitrogen and oxygen atoms in total. The van der Waals surface area contributed by atoms with Crippen LogP contribution in [0.15, 0.2) is 10.6 Å². The van der Waals surface area contributed by atoms with Crippen molar-refractivity contribution in [3.8, 4) is 0 Å². The van der Waals surface area contributed by atoms with Crippen molar-refractivity contribution in [3.63, 3.8) is 0 Å². The van der Waals surface area contributed by atoms with Gasteiger partial charge < -0.3 is 9.84 Å². The van der Waals surface area contributed by atoms with E-state index >= 15 is 0 Å². The average molecular weight is 238 g/mol. The number of carbonyl (C=O) groups excluding carboxylic acids is 1. The standard InChI is InChI=1S/C13H22N2O2/c1-12(2,3)8-14-11(16)9-7-10(17-15-9)13(4,5)6/h7H,8H2,1-6H3,(H,14,16). The minimum Gasteiger partial charge on any atom is -0.360 e. The summed E-state index contributed by atoms with van der Waals surface area (Å²) < 4.78 is 5.17. The van der Waals surface area contributed by atoms with Crippen molar-refractivity contribution in [3.05, 3.63) is 17.5 Å². The number of amides is 1. The topological polar surface area (TPSA) is 55.1 Å². The Bertz CT molecular complexity index is 394. The minimum atomic E-state index is -0.181. The molecule has 0 saturated heterocycles. The van der Waals surface area contributed by atoms with Crippen LogP contribution in [0, 0.1) is 5.41 Å². The van der Waals surface area contributed by atoms with Gasteiger partial charge in [0.15, 0.2) is 5.69 Å². The summed E-state index contributed by atoms with van der Waals surface area (Å²) in [5, 5.41) is 6.64. The molecule has 1 aromatic rings. The zero-order valence-electron chi connectivity index (χ0n) is 11.5. The minimum absolute atomic E-state index is 0.0618. The lowest BCUT2D eigenvalue weighted by Crippen LogP contribution is -2.32. The highest BCUT2D eigenvalue weighted by atomic mass is 16.5. The van der Waals surface area contributed by atoms with E-state index in [2.05, 4.69) is 31.2 Å². The molecule has 1 rings (SSSR count). The van der Waals surface area contributed by atoms with Gasteiger partial charge in [0.1, 0.15) is 5.76 Å². The predicted molar refractivity (Wildman–Crippen MR) is 67.0 cm³/mol. The fourth-order valence-corrected chi connectivity index (χ4v) is 1.17. The molecule has 0 fully saturated rings. The van der Waals surface area contributed by atoms with Gasteiger partial charge in [-0.1, -0.05) is 46.7 Å². The van der Waals surface area contributed by atoms with E-state index < -0.39 is 0 Å². The maximum absolute atomic E-state index is 11.8. The lowest BCUT2D eigenvalue weighted by Gasteiger charge is -2.17. The van der Waals surface area contributed by atoms with Gasteiger partial charge in [0.25, 0.3) is 5.91 Å². The maximum Gasteiger partial charge on any atom is 0.273 e. The molecule has 1 N–H and O–H groups in total. The Kier molecular flexibility index (Phi) is 3.65. The molecule has 0 atom stereocenters. The Balaban J connectivity index is 2.68. The van der Waals surface area contributed by atoms with Crippen LogP contribution in [0.4, 0.5) is 0 Å². The third-order valence-corrected chi connectivity index (χ3v) is 2.26. The highest BCUT2D eigenvalue weighted by molar-refractivity contribution is 5.92. The van der Waals surface area contributed by atoms with Crippen LogP contribution in [-0.2, 0) is 5.41 Å². The lowest BCUT2D eigenvalue weighted by molar-refractivity contribution is 0.0930. The van der Waals surface area contributed by atoms with Gasteiger partial charge in [-0.3, -0.25) is 4.79 Å². The first-order valence-electron chi connectivity index (χ1n) is 5.85. The van der Waals surface area contributed by atoms with Crippen molar-refractivity contribution in [2.75, 3.05) is 6.54 Å². The number of aromatic nitrogens is 1. The van der Waals surface area contributed by atoms with E-state index in [0.29, 0.717) is 12.2 Å². The molecule has 0 aromatic carbocycles. The summed E-state index contributed by atoms with van der Waals surface area (Å²) >= 11 is 0. The Hall–Kier alpha value is -1.32. The second-order valence-electron chi connectivity index (χ2n) is 6.57. The molecule has 1 amide bonds. The second kappa shape index (κ2) is 4.51. The molecule has 0 spiro atoms. The van der Waals surface area contributed by atoms with Crippen molar-refractivity contribution in [2.24, 2.45) is 5.41 Å². The van der Waals surface area contributed by atoms with E-state index in [1.54, 1.807) is 6.07 Å². The Morgan fingerprint density at radius 1 is 1.29 bits per heavy atom. The Morgan fingerprint density at radius 3 is 2.29 bits per heavy atom. The van der Waals surface area contributed by atoms with Gasteiger partial charge in [0.2, 0.25) is 0 Å². The number of carbonyl (C=O) groups is 1. The van der Waals surface area contributed by atoms with E-state index in [1.165, 1.54) is 0 Å². The summed E-state index contributed by atoms with van der Waals surface area (Å²) in [5.74, 6) is 0.539. The van der Waals surface area contributed by atoms with E-state index in [4.69, 9.17) is 4.52 Å². The molecule has 1 heterocycles. The molecular formula is C13H22N2O2. The lowest BCUT2D eigenvalue weighted by atomic mass is 9.93. The van der Waals surface area contributed by atoms with Crippen molar-refractivity contribution in [1.82, 2.24) is 10.5 Å². The largest absolute Gasteiger partial charge is 0.360 e. The summed E-state index contributed by atoms with van der Waals surface area (Å²) in [6, 6.07) is 1.71. The van der Waals surface area contributed by atoms with Crippen molar-refractivity contribution in [2.45, 2.75) is 47.0 Å². The number of nitrogens with one attached hydrogen (secondary N) is 1. The third kappa shape index (κ3) is 4.21. The van der Waals surface area contributed by atoms with E-state index in [0.717, 1.165) is 5.76 Å². The van der Waals surface area contributed by atoms with Crippen LogP contribution in [0.3, 0.4) is 0 Å². The molecule has 0 aliphatic rings. The zero-order valence-corrected chi connectivity index (χ0v) is 11.5. The van der Waals surface area contributed by atoms with E-state index in [-0.39, 0.29) is 16.7 Å². The van der Waals surface area contributed by atoms with Crippen molar-refractivity contribution >= 4 is 5.91 Å². The molecule has 0 saturated carbocycles. The second-order valence-corrected chi connectivity index (χ2v) is 6.57. The highest BCUT2D eigenvalue weighted by Gasteiger charge is 2.22. The summed E-state index contributed by atoms with van der Waals surface area (Å²) in [6.07, 6.45) is 0. The first-order valence-corrected chi connectivity index (χ1v) is 5.85. The average Bonchev–Trinajstić information content (AvgIpc) is 2.60. The highest BCUT2D eigenvalue weighted by Crippen LogP contribution is 2.22. The summed E-state index contributed by atoms with van der Waals surface area (Å²) in [5.41, 5.74) is 0.279. The number of rotatable bonds is 2. The van der Waals surface area contributed by atoms with Gasteiger partial charge in [-0.15, -0.1) is 0 Å². The maximum atomic E-state index is 11.8. The fraction of sp³-hybridized carbons (Fsp3) is 0.692. The first-order chi connectivity index (χ1) is 7.59. The van der Waals surface area contributed by atoms with Crippen LogP contribution in [-0.4, -0.2) is 17.6 Å². The Morgan fingerprint density at radius 2 is 1.88 bits per heavy atom. The van der Waals surface area contributed by atoms with Gasteiger partial charge in [-0.05, 0) is 5.41 Å². The van der Waals surface area contributed by atoms with Gasteiger partial charge >= 0.3 is 0 Å². The van der Waals surface area contributed by atoms with E-state index in [1.807, 2.05) is 20.8 Å². The molecule has 0 aliphatic heterocycles. The fourth-order valence-electron chi connectivity index (χ4n) is 1.17. The molecule has 0 unspecified atom stereocenters. The van der Waals surface area contributed by atoms with Crippen LogP contribution < -0.4 is 5.32 Å². The van der Waals surface area contributed by atoms with Crippen LogP contribution in [0.1, 0.15) is 57.8 Å². The molecule has 17 heavy (non-hydrogen) atoms. The molecule has 1 aromatic heterocycles. The zero-order chi connectivity index (χ0) is 13.3. The van der Waals surface area contributed by atoms with Crippen LogP contribution in [0.25, 0.3) is 0 Å². The molecule has 0 bridgehead atoms. The van der Waals surface area contributed by atoms with Gasteiger partial charge in [0, 0.05) is 18.0 Å². The SMILES string of the molecule is CC(C)(C)CNC(=O)c1cc(C(C)(C)C)on1. The van der Waals surface area contributed by atoms with Crippen LogP contribution in [0.5, 0.6) is 0 Å². The van der Waals surface area contributed by atoms with Gasteiger partial charge in [-0.2, -0.15) is 0 Å². The smallest absolute Gasteiger partial charge is 0.273 e. The normalized spacial score (nSPS) is 12.6.